The minimum Gasteiger partial charge on any atom is -0.314 e. The molecule has 108 valence electrons. The minimum atomic E-state index is -0.280. The van der Waals surface area contributed by atoms with Crippen molar-refractivity contribution in [3.05, 3.63) is 72.2 Å². The number of nitrogens with zero attached hydrogens (tertiary/aromatic N) is 1. The first-order valence-electron chi connectivity index (χ1n) is 6.76. The first-order chi connectivity index (χ1) is 10.2. The lowest BCUT2D eigenvalue weighted by atomic mass is 10.2. The van der Waals surface area contributed by atoms with Crippen molar-refractivity contribution in [2.24, 2.45) is 0 Å². The number of halogens is 1. The summed E-state index contributed by atoms with van der Waals surface area (Å²) in [4.78, 5) is 13.8. The van der Waals surface area contributed by atoms with Crippen molar-refractivity contribution in [3.8, 4) is 0 Å². The summed E-state index contributed by atoms with van der Waals surface area (Å²) in [6.07, 6.45) is 3.28. The Bertz CT molecular complexity index is 608. The first kappa shape index (κ1) is 14.8. The number of nitrogens with one attached hydrogen (secondary N) is 1. The van der Waals surface area contributed by atoms with Gasteiger partial charge in [-0.05, 0) is 42.8 Å². The van der Waals surface area contributed by atoms with E-state index < -0.39 is 0 Å². The summed E-state index contributed by atoms with van der Waals surface area (Å²) in [5.74, 6) is -0.280. The largest absolute Gasteiger partial charge is 0.325 e. The number of amides is 2. The molecule has 2 aromatic carbocycles. The van der Waals surface area contributed by atoms with Gasteiger partial charge in [0.05, 0.1) is 0 Å². The molecule has 0 saturated heterocycles. The van der Waals surface area contributed by atoms with Gasteiger partial charge in [-0.3, -0.25) is 4.90 Å². The summed E-state index contributed by atoms with van der Waals surface area (Å²) in [5.41, 5.74) is 1.66. The van der Waals surface area contributed by atoms with E-state index in [4.69, 9.17) is 0 Å². The Kier molecular flexibility index (Phi) is 5.10. The minimum absolute atomic E-state index is 0.206. The van der Waals surface area contributed by atoms with Gasteiger partial charge in [0.2, 0.25) is 0 Å². The molecule has 2 amide bonds. The predicted molar refractivity (Wildman–Crippen MR) is 83.4 cm³/mol. The Morgan fingerprint density at radius 2 is 1.81 bits per heavy atom. The van der Waals surface area contributed by atoms with Gasteiger partial charge in [0.25, 0.3) is 0 Å². The fourth-order valence-electron chi connectivity index (χ4n) is 1.91. The molecular formula is C17H17FN2O. The number of carbonyl (C=O) groups excluding carboxylic acids is 1. The molecule has 3 nitrogen and oxygen atoms in total. The van der Waals surface area contributed by atoms with Crippen molar-refractivity contribution in [2.45, 2.75) is 6.92 Å². The quantitative estimate of drug-likeness (QED) is 0.903. The standard InChI is InChI=1S/C17H17FN2O/c1-2-20(16-6-4-3-5-7-16)17(21)19-13-12-14-8-10-15(18)11-9-14/h3-13H,2H2,1H3,(H,19,21)/b13-12+. The monoisotopic (exact) mass is 284 g/mol. The molecule has 0 radical (unpaired) electrons. The molecule has 0 aliphatic heterocycles. The van der Waals surface area contributed by atoms with Gasteiger partial charge in [0, 0.05) is 18.4 Å². The lowest BCUT2D eigenvalue weighted by molar-refractivity contribution is 0.249. The van der Waals surface area contributed by atoms with Crippen LogP contribution in [0.4, 0.5) is 14.9 Å². The number of carbonyl (C=O) groups is 1. The number of benzene rings is 2. The molecule has 2 rings (SSSR count). The Morgan fingerprint density at radius 1 is 1.14 bits per heavy atom. The van der Waals surface area contributed by atoms with Crippen LogP contribution in [0.3, 0.4) is 0 Å². The molecule has 0 heterocycles. The maximum atomic E-state index is 12.8. The van der Waals surface area contributed by atoms with Gasteiger partial charge in [-0.15, -0.1) is 0 Å². The van der Waals surface area contributed by atoms with Crippen LogP contribution in [-0.4, -0.2) is 12.6 Å². The van der Waals surface area contributed by atoms with E-state index in [0.717, 1.165) is 11.3 Å². The first-order valence-corrected chi connectivity index (χ1v) is 6.76. The fourth-order valence-corrected chi connectivity index (χ4v) is 1.91. The van der Waals surface area contributed by atoms with Gasteiger partial charge in [0.1, 0.15) is 5.82 Å². The van der Waals surface area contributed by atoms with Crippen LogP contribution >= 0.6 is 0 Å². The Morgan fingerprint density at radius 3 is 2.43 bits per heavy atom. The molecule has 0 aliphatic rings. The maximum absolute atomic E-state index is 12.8. The average molecular weight is 284 g/mol. The van der Waals surface area contributed by atoms with Crippen molar-refractivity contribution in [1.82, 2.24) is 5.32 Å². The summed E-state index contributed by atoms with van der Waals surface area (Å²) in [6.45, 7) is 2.48. The van der Waals surface area contributed by atoms with Crippen LogP contribution in [0.1, 0.15) is 12.5 Å². The normalized spacial score (nSPS) is 10.6. The number of rotatable bonds is 4. The third-order valence-electron chi connectivity index (χ3n) is 2.98. The van der Waals surface area contributed by atoms with E-state index in [1.54, 1.807) is 29.3 Å². The molecule has 4 heteroatoms. The van der Waals surface area contributed by atoms with Crippen LogP contribution in [0.15, 0.2) is 60.8 Å². The maximum Gasteiger partial charge on any atom is 0.325 e. The van der Waals surface area contributed by atoms with Crippen molar-refractivity contribution in [1.29, 1.82) is 0 Å². The van der Waals surface area contributed by atoms with E-state index in [9.17, 15) is 9.18 Å². The highest BCUT2D eigenvalue weighted by Crippen LogP contribution is 2.12. The molecule has 0 spiro atoms. The zero-order valence-corrected chi connectivity index (χ0v) is 11.8. The summed E-state index contributed by atoms with van der Waals surface area (Å²) in [7, 11) is 0. The second-order valence-electron chi connectivity index (χ2n) is 4.41. The van der Waals surface area contributed by atoms with E-state index >= 15 is 0 Å². The van der Waals surface area contributed by atoms with Gasteiger partial charge < -0.3 is 5.32 Å². The Labute approximate surface area is 123 Å². The van der Waals surface area contributed by atoms with E-state index in [1.165, 1.54) is 12.1 Å². The molecule has 0 aliphatic carbocycles. The van der Waals surface area contributed by atoms with Crippen LogP contribution in [-0.2, 0) is 0 Å². The molecule has 0 bridgehead atoms. The lowest BCUT2D eigenvalue weighted by Gasteiger charge is -2.20. The van der Waals surface area contributed by atoms with Gasteiger partial charge >= 0.3 is 6.03 Å². The SMILES string of the molecule is CCN(C(=O)N/C=C/c1ccc(F)cc1)c1ccccc1. The zero-order chi connectivity index (χ0) is 15.1. The van der Waals surface area contributed by atoms with Crippen molar-refractivity contribution < 1.29 is 9.18 Å². The van der Waals surface area contributed by atoms with Crippen LogP contribution in [0, 0.1) is 5.82 Å². The molecule has 1 N–H and O–H groups in total. The molecule has 0 fully saturated rings. The van der Waals surface area contributed by atoms with Gasteiger partial charge in [0.15, 0.2) is 0 Å². The number of hydrogen-bond acceptors (Lipinski definition) is 1. The number of urea groups is 1. The molecule has 0 atom stereocenters. The summed E-state index contributed by atoms with van der Waals surface area (Å²) in [5, 5.41) is 2.71. The van der Waals surface area contributed by atoms with Crippen molar-refractivity contribution >= 4 is 17.8 Å². The van der Waals surface area contributed by atoms with E-state index in [0.29, 0.717) is 6.54 Å². The van der Waals surface area contributed by atoms with Crippen LogP contribution in [0.5, 0.6) is 0 Å². The Hall–Kier alpha value is -2.62. The molecule has 21 heavy (non-hydrogen) atoms. The highest BCUT2D eigenvalue weighted by Gasteiger charge is 2.11. The third-order valence-corrected chi connectivity index (χ3v) is 2.98. The van der Waals surface area contributed by atoms with Gasteiger partial charge in [-0.2, -0.15) is 0 Å². The van der Waals surface area contributed by atoms with Gasteiger partial charge in [-0.25, -0.2) is 9.18 Å². The van der Waals surface area contributed by atoms with Gasteiger partial charge in [-0.1, -0.05) is 30.3 Å². The van der Waals surface area contributed by atoms with Crippen molar-refractivity contribution in [3.63, 3.8) is 0 Å². The summed E-state index contributed by atoms with van der Waals surface area (Å²) in [6, 6.07) is 15.3. The summed E-state index contributed by atoms with van der Waals surface area (Å²) >= 11 is 0. The third kappa shape index (κ3) is 4.18. The Balaban J connectivity index is 1.98. The molecule has 0 saturated carbocycles. The molecule has 0 unspecified atom stereocenters. The number of para-hydroxylation sites is 1. The smallest absolute Gasteiger partial charge is 0.314 e. The second-order valence-corrected chi connectivity index (χ2v) is 4.41. The molecule has 0 aromatic heterocycles. The molecular weight excluding hydrogens is 267 g/mol. The van der Waals surface area contributed by atoms with Crippen LogP contribution < -0.4 is 10.2 Å². The van der Waals surface area contributed by atoms with Crippen LogP contribution in [0.2, 0.25) is 0 Å². The highest BCUT2D eigenvalue weighted by molar-refractivity contribution is 5.92. The fraction of sp³-hybridized carbons (Fsp3) is 0.118. The predicted octanol–water partition coefficient (Wildman–Crippen LogP) is 4.03. The lowest BCUT2D eigenvalue weighted by Crippen LogP contribution is -2.37. The number of hydrogen-bond donors (Lipinski definition) is 1. The summed E-state index contributed by atoms with van der Waals surface area (Å²) < 4.78 is 12.8. The van der Waals surface area contributed by atoms with Crippen LogP contribution in [0.25, 0.3) is 6.08 Å². The highest BCUT2D eigenvalue weighted by atomic mass is 19.1. The van der Waals surface area contributed by atoms with Crippen molar-refractivity contribution in [2.75, 3.05) is 11.4 Å². The molecule has 2 aromatic rings. The number of anilines is 1. The van der Waals surface area contributed by atoms with E-state index in [-0.39, 0.29) is 11.8 Å². The zero-order valence-electron chi connectivity index (χ0n) is 11.8. The van der Waals surface area contributed by atoms with E-state index in [1.807, 2.05) is 37.3 Å². The average Bonchev–Trinajstić information content (AvgIpc) is 2.51. The topological polar surface area (TPSA) is 32.3 Å². The second kappa shape index (κ2) is 7.24. The van der Waals surface area contributed by atoms with E-state index in [2.05, 4.69) is 5.32 Å².